The highest BCUT2D eigenvalue weighted by atomic mass is 32.2. The first-order valence-corrected chi connectivity index (χ1v) is 11.8. The maximum absolute atomic E-state index is 12.6. The Morgan fingerprint density at radius 2 is 1.86 bits per heavy atom. The quantitative estimate of drug-likeness (QED) is 0.604. The summed E-state index contributed by atoms with van der Waals surface area (Å²) >= 11 is 2.07. The summed E-state index contributed by atoms with van der Waals surface area (Å²) in [6, 6.07) is 8.01. The highest BCUT2D eigenvalue weighted by Gasteiger charge is 2.21. The van der Waals surface area contributed by atoms with Crippen LogP contribution in [0.25, 0.3) is 0 Å². The van der Waals surface area contributed by atoms with Crippen LogP contribution in [0.2, 0.25) is 0 Å². The Hall–Kier alpha value is -1.69. The van der Waals surface area contributed by atoms with Gasteiger partial charge in [0.05, 0.1) is 6.54 Å². The molecule has 2 aliphatic heterocycles. The van der Waals surface area contributed by atoms with E-state index in [2.05, 4.69) is 35.8 Å². The molecule has 5 nitrogen and oxygen atoms in total. The number of amides is 1. The molecule has 0 radical (unpaired) electrons. The van der Waals surface area contributed by atoms with Gasteiger partial charge < -0.3 is 15.1 Å². The minimum absolute atomic E-state index is 0.166. The Bertz CT molecular complexity index is 655. The SMILES string of the molecule is CCNC(=NCc1ccc(C(=O)N2CCCCC2)cc1)N1CCSC(CC)C1. The van der Waals surface area contributed by atoms with Crippen molar-refractivity contribution in [1.29, 1.82) is 0 Å². The molecule has 0 aliphatic carbocycles. The van der Waals surface area contributed by atoms with Crippen molar-refractivity contribution in [3.63, 3.8) is 0 Å². The standard InChI is InChI=1S/C22H34N4OS/c1-3-20-17-26(14-15-28-20)22(23-4-2)24-16-18-8-10-19(11-9-18)21(27)25-12-6-5-7-13-25/h8-11,20H,3-7,12-17H2,1-2H3,(H,23,24). The predicted molar refractivity (Wildman–Crippen MR) is 119 cm³/mol. The summed E-state index contributed by atoms with van der Waals surface area (Å²) in [5.41, 5.74) is 1.93. The normalized spacial score (nSPS) is 20.9. The molecule has 1 N–H and O–H groups in total. The van der Waals surface area contributed by atoms with Crippen molar-refractivity contribution in [2.75, 3.05) is 38.5 Å². The smallest absolute Gasteiger partial charge is 0.253 e. The Labute approximate surface area is 174 Å². The van der Waals surface area contributed by atoms with E-state index < -0.39 is 0 Å². The maximum atomic E-state index is 12.6. The van der Waals surface area contributed by atoms with Gasteiger partial charge in [-0.05, 0) is 50.3 Å². The molecule has 1 aromatic carbocycles. The number of benzene rings is 1. The Kier molecular flexibility index (Phi) is 8.07. The zero-order chi connectivity index (χ0) is 19.8. The first-order chi connectivity index (χ1) is 13.7. The number of nitrogens with zero attached hydrogens (tertiary/aromatic N) is 3. The number of guanidine groups is 1. The zero-order valence-electron chi connectivity index (χ0n) is 17.3. The lowest BCUT2D eigenvalue weighted by molar-refractivity contribution is 0.0724. The monoisotopic (exact) mass is 402 g/mol. The van der Waals surface area contributed by atoms with Gasteiger partial charge in [-0.3, -0.25) is 4.79 Å². The van der Waals surface area contributed by atoms with E-state index in [4.69, 9.17) is 4.99 Å². The highest BCUT2D eigenvalue weighted by Crippen LogP contribution is 2.21. The molecule has 3 rings (SSSR count). The number of nitrogens with one attached hydrogen (secondary N) is 1. The van der Waals surface area contributed by atoms with E-state index in [0.717, 1.165) is 68.4 Å². The summed E-state index contributed by atoms with van der Waals surface area (Å²) in [4.78, 5) is 21.9. The minimum atomic E-state index is 0.166. The van der Waals surface area contributed by atoms with Crippen LogP contribution in [-0.2, 0) is 6.54 Å². The van der Waals surface area contributed by atoms with Gasteiger partial charge in [-0.2, -0.15) is 11.8 Å². The van der Waals surface area contributed by atoms with E-state index in [1.165, 1.54) is 12.8 Å². The summed E-state index contributed by atoms with van der Waals surface area (Å²) in [5.74, 6) is 2.34. The van der Waals surface area contributed by atoms with Crippen molar-refractivity contribution in [1.82, 2.24) is 15.1 Å². The second kappa shape index (κ2) is 10.7. The molecule has 1 unspecified atom stereocenters. The molecule has 0 saturated carbocycles. The third-order valence-corrected chi connectivity index (χ3v) is 6.86. The van der Waals surface area contributed by atoms with E-state index >= 15 is 0 Å². The van der Waals surface area contributed by atoms with Gasteiger partial charge in [0.25, 0.3) is 5.91 Å². The number of carbonyl (C=O) groups excluding carboxylic acids is 1. The molecule has 1 amide bonds. The van der Waals surface area contributed by atoms with Gasteiger partial charge in [0, 0.05) is 49.3 Å². The van der Waals surface area contributed by atoms with Crippen molar-refractivity contribution >= 4 is 23.6 Å². The first-order valence-electron chi connectivity index (χ1n) is 10.7. The molecule has 1 atom stereocenters. The summed E-state index contributed by atoms with van der Waals surface area (Å²) in [7, 11) is 0. The Morgan fingerprint density at radius 1 is 1.11 bits per heavy atom. The van der Waals surface area contributed by atoms with E-state index in [1.807, 2.05) is 29.2 Å². The van der Waals surface area contributed by atoms with Crippen molar-refractivity contribution in [3.05, 3.63) is 35.4 Å². The lowest BCUT2D eigenvalue weighted by Gasteiger charge is -2.34. The van der Waals surface area contributed by atoms with Gasteiger partial charge in [-0.25, -0.2) is 4.99 Å². The first kappa shape index (κ1) is 21.0. The van der Waals surface area contributed by atoms with Crippen molar-refractivity contribution in [2.45, 2.75) is 51.3 Å². The summed E-state index contributed by atoms with van der Waals surface area (Å²) in [6.45, 7) is 9.80. The number of piperidine rings is 1. The highest BCUT2D eigenvalue weighted by molar-refractivity contribution is 8.00. The molecule has 2 heterocycles. The van der Waals surface area contributed by atoms with Crippen LogP contribution in [0.15, 0.2) is 29.3 Å². The number of hydrogen-bond acceptors (Lipinski definition) is 3. The number of carbonyl (C=O) groups is 1. The molecule has 0 bridgehead atoms. The molecule has 2 aliphatic rings. The van der Waals surface area contributed by atoms with Crippen molar-refractivity contribution in [3.8, 4) is 0 Å². The summed E-state index contributed by atoms with van der Waals surface area (Å²) in [5, 5.41) is 4.14. The van der Waals surface area contributed by atoms with Crippen LogP contribution in [0.3, 0.4) is 0 Å². The molecule has 1 aromatic rings. The Morgan fingerprint density at radius 3 is 2.54 bits per heavy atom. The average molecular weight is 403 g/mol. The molecule has 154 valence electrons. The van der Waals surface area contributed by atoms with Crippen LogP contribution >= 0.6 is 11.8 Å². The van der Waals surface area contributed by atoms with Gasteiger partial charge in [-0.1, -0.05) is 19.1 Å². The van der Waals surface area contributed by atoms with E-state index in [9.17, 15) is 4.79 Å². The fourth-order valence-electron chi connectivity index (χ4n) is 3.78. The maximum Gasteiger partial charge on any atom is 0.253 e. The van der Waals surface area contributed by atoms with E-state index in [-0.39, 0.29) is 5.91 Å². The number of aliphatic imine (C=N–C) groups is 1. The predicted octanol–water partition coefficient (Wildman–Crippen LogP) is 3.61. The van der Waals surface area contributed by atoms with E-state index in [0.29, 0.717) is 11.8 Å². The molecule has 0 spiro atoms. The van der Waals surface area contributed by atoms with Crippen LogP contribution in [0, 0.1) is 0 Å². The number of rotatable bonds is 5. The lowest BCUT2D eigenvalue weighted by Crippen LogP contribution is -2.48. The third kappa shape index (κ3) is 5.66. The zero-order valence-corrected chi connectivity index (χ0v) is 18.1. The van der Waals surface area contributed by atoms with Crippen LogP contribution in [0.1, 0.15) is 55.5 Å². The second-order valence-corrected chi connectivity index (χ2v) is 8.98. The van der Waals surface area contributed by atoms with Gasteiger partial charge >= 0.3 is 0 Å². The molecule has 2 saturated heterocycles. The average Bonchev–Trinajstić information content (AvgIpc) is 2.77. The fraction of sp³-hybridized carbons (Fsp3) is 0.636. The van der Waals surface area contributed by atoms with Crippen LogP contribution in [-0.4, -0.2) is 65.4 Å². The van der Waals surface area contributed by atoms with E-state index in [1.54, 1.807) is 0 Å². The number of thioether (sulfide) groups is 1. The molecule has 2 fully saturated rings. The fourth-order valence-corrected chi connectivity index (χ4v) is 4.96. The Balaban J connectivity index is 1.61. The van der Waals surface area contributed by atoms with Crippen molar-refractivity contribution in [2.24, 2.45) is 4.99 Å². The van der Waals surface area contributed by atoms with Gasteiger partial charge in [0.15, 0.2) is 5.96 Å². The van der Waals surface area contributed by atoms with Crippen LogP contribution in [0.5, 0.6) is 0 Å². The summed E-state index contributed by atoms with van der Waals surface area (Å²) < 4.78 is 0. The van der Waals surface area contributed by atoms with Crippen LogP contribution < -0.4 is 5.32 Å². The molecular weight excluding hydrogens is 368 g/mol. The number of likely N-dealkylation sites (tertiary alicyclic amines) is 1. The largest absolute Gasteiger partial charge is 0.357 e. The third-order valence-electron chi connectivity index (χ3n) is 5.48. The van der Waals surface area contributed by atoms with Gasteiger partial charge in [0.2, 0.25) is 0 Å². The topological polar surface area (TPSA) is 47.9 Å². The van der Waals surface area contributed by atoms with Crippen molar-refractivity contribution < 1.29 is 4.79 Å². The molecule has 6 heteroatoms. The van der Waals surface area contributed by atoms with Gasteiger partial charge in [-0.15, -0.1) is 0 Å². The second-order valence-electron chi connectivity index (χ2n) is 7.57. The van der Waals surface area contributed by atoms with Crippen LogP contribution in [0.4, 0.5) is 0 Å². The lowest BCUT2D eigenvalue weighted by atomic mass is 10.1. The molecular formula is C22H34N4OS. The minimum Gasteiger partial charge on any atom is -0.357 e. The molecule has 28 heavy (non-hydrogen) atoms. The van der Waals surface area contributed by atoms with Gasteiger partial charge in [0.1, 0.15) is 0 Å². The summed E-state index contributed by atoms with van der Waals surface area (Å²) in [6.07, 6.45) is 4.69. The number of hydrogen-bond donors (Lipinski definition) is 1. The molecule has 0 aromatic heterocycles.